The van der Waals surface area contributed by atoms with E-state index in [-0.39, 0.29) is 6.54 Å². The highest BCUT2D eigenvalue weighted by Crippen LogP contribution is 2.22. The highest BCUT2D eigenvalue weighted by molar-refractivity contribution is 5.94. The number of carboxylic acids is 1. The van der Waals surface area contributed by atoms with Gasteiger partial charge in [0.05, 0.1) is 13.7 Å². The Morgan fingerprint density at radius 1 is 1.42 bits per heavy atom. The summed E-state index contributed by atoms with van der Waals surface area (Å²) < 4.78 is 17.9. The quantitative estimate of drug-likeness (QED) is 0.619. The summed E-state index contributed by atoms with van der Waals surface area (Å²) in [5, 5.41) is 12.0. The normalized spacial score (nSPS) is 17.5. The maximum Gasteiger partial charge on any atom is 0.322 e. The standard InChI is InChI=1S/C16H19FN2O5/c1-24-15(21)9-14(20)19(10-11-4-2-5-12(17)8-11)18-7-3-6-13(18)16(22)23/h2,4-5,8,13H,3,6-7,9-10H2,1H3,(H,22,23)/t13-/m0/s1. The molecule has 1 heterocycles. The second-order valence-electron chi connectivity index (χ2n) is 5.49. The number of methoxy groups -OCH3 is 1. The summed E-state index contributed by atoms with van der Waals surface area (Å²) in [6.07, 6.45) is 0.511. The van der Waals surface area contributed by atoms with Crippen molar-refractivity contribution in [2.24, 2.45) is 0 Å². The zero-order chi connectivity index (χ0) is 17.7. The van der Waals surface area contributed by atoms with Crippen molar-refractivity contribution in [3.8, 4) is 0 Å². The number of hydrogen-bond donors (Lipinski definition) is 1. The Hall–Kier alpha value is -2.48. The fraction of sp³-hybridized carbons (Fsp3) is 0.438. The van der Waals surface area contributed by atoms with Gasteiger partial charge in [0, 0.05) is 6.54 Å². The van der Waals surface area contributed by atoms with Gasteiger partial charge in [0.1, 0.15) is 18.3 Å². The Labute approximate surface area is 138 Å². The largest absolute Gasteiger partial charge is 0.480 e. The number of carboxylic acid groups (broad SMARTS) is 1. The van der Waals surface area contributed by atoms with E-state index in [2.05, 4.69) is 4.74 Å². The van der Waals surface area contributed by atoms with Gasteiger partial charge in [-0.05, 0) is 30.5 Å². The Morgan fingerprint density at radius 2 is 2.17 bits per heavy atom. The predicted octanol–water partition coefficient (Wildman–Crippen LogP) is 1.18. The van der Waals surface area contributed by atoms with Crippen molar-refractivity contribution in [3.63, 3.8) is 0 Å². The van der Waals surface area contributed by atoms with Crippen LogP contribution in [0, 0.1) is 5.82 Å². The Balaban J connectivity index is 2.25. The number of amides is 1. The van der Waals surface area contributed by atoms with Crippen LogP contribution in [0.15, 0.2) is 24.3 Å². The summed E-state index contributed by atoms with van der Waals surface area (Å²) in [5.41, 5.74) is 0.504. The number of aliphatic carboxylic acids is 1. The van der Waals surface area contributed by atoms with Crippen molar-refractivity contribution in [3.05, 3.63) is 35.6 Å². The summed E-state index contributed by atoms with van der Waals surface area (Å²) in [6, 6.07) is 4.84. The van der Waals surface area contributed by atoms with Gasteiger partial charge in [-0.15, -0.1) is 0 Å². The van der Waals surface area contributed by atoms with Crippen molar-refractivity contribution < 1.29 is 28.6 Å². The molecule has 0 radical (unpaired) electrons. The molecule has 1 aliphatic heterocycles. The minimum absolute atomic E-state index is 0.0165. The Morgan fingerprint density at radius 3 is 2.79 bits per heavy atom. The Kier molecular flexibility index (Phi) is 5.86. The van der Waals surface area contributed by atoms with E-state index in [0.717, 1.165) is 0 Å². The van der Waals surface area contributed by atoms with E-state index in [9.17, 15) is 23.9 Å². The summed E-state index contributed by atoms with van der Waals surface area (Å²) in [6.45, 7) is 0.358. The van der Waals surface area contributed by atoms with Gasteiger partial charge >= 0.3 is 11.9 Å². The first kappa shape index (κ1) is 17.9. The van der Waals surface area contributed by atoms with Gasteiger partial charge in [-0.3, -0.25) is 19.4 Å². The molecule has 0 spiro atoms. The molecule has 1 aliphatic rings. The van der Waals surface area contributed by atoms with Crippen LogP contribution >= 0.6 is 0 Å². The molecular formula is C16H19FN2O5. The third kappa shape index (κ3) is 4.29. The number of carbonyl (C=O) groups excluding carboxylic acids is 2. The first-order valence-corrected chi connectivity index (χ1v) is 7.53. The summed E-state index contributed by atoms with van der Waals surface area (Å²) in [7, 11) is 1.17. The minimum atomic E-state index is -1.04. The molecule has 7 nitrogen and oxygen atoms in total. The lowest BCUT2D eigenvalue weighted by Gasteiger charge is -2.34. The molecule has 0 saturated carbocycles. The van der Waals surface area contributed by atoms with Crippen molar-refractivity contribution in [2.45, 2.75) is 31.8 Å². The molecule has 1 aromatic carbocycles. The third-order valence-electron chi connectivity index (χ3n) is 3.85. The number of benzene rings is 1. The molecule has 24 heavy (non-hydrogen) atoms. The Bertz CT molecular complexity index is 637. The highest BCUT2D eigenvalue weighted by atomic mass is 19.1. The smallest absolute Gasteiger partial charge is 0.322 e. The second-order valence-corrected chi connectivity index (χ2v) is 5.49. The van der Waals surface area contributed by atoms with Crippen LogP contribution in [0.3, 0.4) is 0 Å². The molecule has 0 bridgehead atoms. The third-order valence-corrected chi connectivity index (χ3v) is 3.85. The van der Waals surface area contributed by atoms with Crippen LogP contribution in [0.25, 0.3) is 0 Å². The molecule has 130 valence electrons. The highest BCUT2D eigenvalue weighted by Gasteiger charge is 2.37. The molecule has 1 N–H and O–H groups in total. The monoisotopic (exact) mass is 338 g/mol. The van der Waals surface area contributed by atoms with Gasteiger partial charge in [0.2, 0.25) is 5.91 Å². The first-order valence-electron chi connectivity index (χ1n) is 7.53. The zero-order valence-corrected chi connectivity index (χ0v) is 13.3. The number of esters is 1. The molecule has 1 atom stereocenters. The topological polar surface area (TPSA) is 87.2 Å². The first-order chi connectivity index (χ1) is 11.4. The van der Waals surface area contributed by atoms with Gasteiger partial charge in [0.25, 0.3) is 0 Å². The van der Waals surface area contributed by atoms with Crippen LogP contribution in [0.2, 0.25) is 0 Å². The average molecular weight is 338 g/mol. The van der Waals surface area contributed by atoms with Crippen LogP contribution < -0.4 is 0 Å². The summed E-state index contributed by atoms with van der Waals surface area (Å²) in [5.74, 6) is -2.79. The zero-order valence-electron chi connectivity index (χ0n) is 13.3. The van der Waals surface area contributed by atoms with E-state index in [0.29, 0.717) is 24.9 Å². The molecule has 2 rings (SSSR count). The van der Waals surface area contributed by atoms with Crippen molar-refractivity contribution in [1.82, 2.24) is 10.0 Å². The lowest BCUT2D eigenvalue weighted by atomic mass is 10.2. The number of halogens is 1. The number of rotatable bonds is 6. The number of ether oxygens (including phenoxy) is 1. The van der Waals surface area contributed by atoms with E-state index in [1.807, 2.05) is 0 Å². The summed E-state index contributed by atoms with van der Waals surface area (Å²) >= 11 is 0. The second kappa shape index (κ2) is 7.87. The lowest BCUT2D eigenvalue weighted by molar-refractivity contribution is -0.164. The van der Waals surface area contributed by atoms with Gasteiger partial charge in [-0.1, -0.05) is 12.1 Å². The minimum Gasteiger partial charge on any atom is -0.480 e. The van der Waals surface area contributed by atoms with E-state index in [1.165, 1.54) is 35.3 Å². The fourth-order valence-corrected chi connectivity index (χ4v) is 2.71. The predicted molar refractivity (Wildman–Crippen MR) is 80.9 cm³/mol. The fourth-order valence-electron chi connectivity index (χ4n) is 2.71. The molecule has 0 unspecified atom stereocenters. The molecule has 1 amide bonds. The van der Waals surface area contributed by atoms with Gasteiger partial charge in [-0.25, -0.2) is 9.40 Å². The molecule has 1 aromatic rings. The SMILES string of the molecule is COC(=O)CC(=O)N(Cc1cccc(F)c1)N1CCC[C@H]1C(=O)O. The van der Waals surface area contributed by atoms with Crippen molar-refractivity contribution >= 4 is 17.8 Å². The molecule has 0 aliphatic carbocycles. The number of hydrazine groups is 1. The lowest BCUT2D eigenvalue weighted by Crippen LogP contribution is -2.51. The molecule has 1 fully saturated rings. The molecule has 1 saturated heterocycles. The van der Waals surface area contributed by atoms with E-state index >= 15 is 0 Å². The van der Waals surface area contributed by atoms with Crippen LogP contribution in [0.4, 0.5) is 4.39 Å². The molecule has 8 heteroatoms. The van der Waals surface area contributed by atoms with Crippen LogP contribution in [0.5, 0.6) is 0 Å². The van der Waals surface area contributed by atoms with Crippen molar-refractivity contribution in [1.29, 1.82) is 0 Å². The van der Waals surface area contributed by atoms with E-state index < -0.39 is 36.1 Å². The van der Waals surface area contributed by atoms with Gasteiger partial charge in [0.15, 0.2) is 0 Å². The number of nitrogens with zero attached hydrogens (tertiary/aromatic N) is 2. The van der Waals surface area contributed by atoms with Crippen LogP contribution in [-0.2, 0) is 25.7 Å². The van der Waals surface area contributed by atoms with Crippen LogP contribution in [0.1, 0.15) is 24.8 Å². The summed E-state index contributed by atoms with van der Waals surface area (Å²) in [4.78, 5) is 35.2. The van der Waals surface area contributed by atoms with Gasteiger partial charge in [-0.2, -0.15) is 0 Å². The number of hydrogen-bond acceptors (Lipinski definition) is 5. The van der Waals surface area contributed by atoms with Crippen molar-refractivity contribution in [2.75, 3.05) is 13.7 Å². The number of carbonyl (C=O) groups is 3. The molecular weight excluding hydrogens is 319 g/mol. The van der Waals surface area contributed by atoms with E-state index in [1.54, 1.807) is 6.07 Å². The van der Waals surface area contributed by atoms with Crippen LogP contribution in [-0.4, -0.2) is 52.7 Å². The molecule has 0 aromatic heterocycles. The van der Waals surface area contributed by atoms with Gasteiger partial charge < -0.3 is 9.84 Å². The maximum absolute atomic E-state index is 13.4. The average Bonchev–Trinajstić information content (AvgIpc) is 3.01. The van der Waals surface area contributed by atoms with E-state index in [4.69, 9.17) is 0 Å². The maximum atomic E-state index is 13.4.